The van der Waals surface area contributed by atoms with Crippen molar-refractivity contribution in [1.29, 1.82) is 0 Å². The first-order valence-corrected chi connectivity index (χ1v) is 8.96. The van der Waals surface area contributed by atoms with Gasteiger partial charge in [0.2, 0.25) is 0 Å². The summed E-state index contributed by atoms with van der Waals surface area (Å²) in [5.41, 5.74) is -0.294. The van der Waals surface area contributed by atoms with Crippen LogP contribution in [0.1, 0.15) is 41.5 Å². The molecule has 0 radical (unpaired) electrons. The van der Waals surface area contributed by atoms with Crippen LogP contribution in [0.4, 0.5) is 13.2 Å². The number of para-hydroxylation sites is 1. The minimum Gasteiger partial charge on any atom is -0.329 e. The van der Waals surface area contributed by atoms with Gasteiger partial charge < -0.3 is 4.90 Å². The van der Waals surface area contributed by atoms with E-state index in [2.05, 4.69) is 15.4 Å². The Morgan fingerprint density at radius 3 is 2.55 bits per heavy atom. The van der Waals surface area contributed by atoms with Gasteiger partial charge in [-0.15, -0.1) is 5.10 Å². The molecule has 152 valence electrons. The summed E-state index contributed by atoms with van der Waals surface area (Å²) in [6, 6.07) is 4.84. The van der Waals surface area contributed by atoms with Crippen molar-refractivity contribution in [3.63, 3.8) is 0 Å². The first kappa shape index (κ1) is 19.2. The Morgan fingerprint density at radius 2 is 1.93 bits per heavy atom. The van der Waals surface area contributed by atoms with Crippen LogP contribution in [0.25, 0.3) is 5.69 Å². The average Bonchev–Trinajstić information content (AvgIpc) is 3.28. The number of carbonyl (C=O) groups excluding carboxylic acids is 1. The second-order valence-electron chi connectivity index (χ2n) is 7.83. The molecule has 1 saturated heterocycles. The van der Waals surface area contributed by atoms with Crippen molar-refractivity contribution in [2.75, 3.05) is 6.54 Å². The number of amides is 1. The van der Waals surface area contributed by atoms with E-state index in [9.17, 15) is 18.0 Å². The van der Waals surface area contributed by atoms with Crippen molar-refractivity contribution in [3.8, 4) is 5.69 Å². The Bertz CT molecular complexity index is 1070. The van der Waals surface area contributed by atoms with Gasteiger partial charge in [-0.3, -0.25) is 9.48 Å². The fourth-order valence-corrected chi connectivity index (χ4v) is 3.87. The highest BCUT2D eigenvalue weighted by Gasteiger charge is 2.50. The van der Waals surface area contributed by atoms with Crippen LogP contribution in [0.5, 0.6) is 0 Å². The highest BCUT2D eigenvalue weighted by molar-refractivity contribution is 5.93. The summed E-state index contributed by atoms with van der Waals surface area (Å²) in [5.74, 6) is -0.381. The van der Waals surface area contributed by atoms with Gasteiger partial charge >= 0.3 is 6.18 Å². The number of hydrogen-bond acceptors (Lipinski definition) is 4. The van der Waals surface area contributed by atoms with Gasteiger partial charge in [0.25, 0.3) is 5.91 Å². The van der Waals surface area contributed by atoms with Crippen LogP contribution in [0.3, 0.4) is 0 Å². The second kappa shape index (κ2) is 6.43. The number of carbonyl (C=O) groups is 1. The van der Waals surface area contributed by atoms with E-state index >= 15 is 0 Å². The summed E-state index contributed by atoms with van der Waals surface area (Å²) in [7, 11) is 1.80. The van der Waals surface area contributed by atoms with Gasteiger partial charge in [-0.05, 0) is 12.1 Å². The number of aryl methyl sites for hydroxylation is 1. The zero-order valence-electron chi connectivity index (χ0n) is 16.1. The maximum Gasteiger partial charge on any atom is 0.418 e. The van der Waals surface area contributed by atoms with Gasteiger partial charge in [-0.2, -0.15) is 18.3 Å². The SMILES string of the molecule is Cn1cc([C@H]2N(C(=O)c3cn(-c4ccccc4C(F)(F)F)nn3)CC2(C)C)cn1. The molecule has 1 amide bonds. The third-order valence-electron chi connectivity index (χ3n) is 5.10. The quantitative estimate of drug-likeness (QED) is 0.672. The van der Waals surface area contributed by atoms with Crippen molar-refractivity contribution in [2.24, 2.45) is 12.5 Å². The van der Waals surface area contributed by atoms with Crippen molar-refractivity contribution < 1.29 is 18.0 Å². The lowest BCUT2D eigenvalue weighted by atomic mass is 9.72. The summed E-state index contributed by atoms with van der Waals surface area (Å²) >= 11 is 0. The number of hydrogen-bond donors (Lipinski definition) is 0. The van der Waals surface area contributed by atoms with Gasteiger partial charge in [-0.1, -0.05) is 31.2 Å². The Hall–Kier alpha value is -3.17. The number of nitrogens with zero attached hydrogens (tertiary/aromatic N) is 6. The summed E-state index contributed by atoms with van der Waals surface area (Å²) in [4.78, 5) is 14.6. The minimum atomic E-state index is -4.54. The monoisotopic (exact) mass is 404 g/mol. The van der Waals surface area contributed by atoms with Gasteiger partial charge in [0.15, 0.2) is 5.69 Å². The number of rotatable bonds is 3. The van der Waals surface area contributed by atoms with Crippen LogP contribution in [-0.4, -0.2) is 42.1 Å². The Labute approximate surface area is 164 Å². The van der Waals surface area contributed by atoms with Crippen LogP contribution >= 0.6 is 0 Å². The van der Waals surface area contributed by atoms with E-state index in [4.69, 9.17) is 0 Å². The summed E-state index contributed by atoms with van der Waals surface area (Å²) in [6.07, 6.45) is 0.253. The maximum absolute atomic E-state index is 13.3. The predicted octanol–water partition coefficient (Wildman–Crippen LogP) is 3.24. The lowest BCUT2D eigenvalue weighted by Gasteiger charge is -2.53. The molecule has 7 nitrogen and oxygen atoms in total. The first-order valence-electron chi connectivity index (χ1n) is 8.96. The van der Waals surface area contributed by atoms with Crippen LogP contribution in [0.15, 0.2) is 42.9 Å². The first-order chi connectivity index (χ1) is 13.6. The number of benzene rings is 1. The minimum absolute atomic E-state index is 0.00799. The van der Waals surface area contributed by atoms with Crippen molar-refractivity contribution >= 4 is 5.91 Å². The summed E-state index contributed by atoms with van der Waals surface area (Å²) in [6.45, 7) is 4.59. The molecular formula is C19H19F3N6O. The molecular weight excluding hydrogens is 385 g/mol. The largest absolute Gasteiger partial charge is 0.418 e. The molecule has 0 N–H and O–H groups in total. The van der Waals surface area contributed by atoms with E-state index in [0.717, 1.165) is 16.3 Å². The standard InChI is InChI=1S/C19H19F3N6O/c1-18(2)11-27(16(18)12-8-23-26(3)9-12)17(29)14-10-28(25-24-14)15-7-5-4-6-13(15)19(20,21)22/h4-10,16H,11H2,1-3H3/t16-/m1/s1. The lowest BCUT2D eigenvalue weighted by molar-refractivity contribution is -0.137. The smallest absolute Gasteiger partial charge is 0.329 e. The van der Waals surface area contributed by atoms with Crippen LogP contribution in [0, 0.1) is 5.41 Å². The molecule has 0 aliphatic carbocycles. The molecule has 4 rings (SSSR count). The van der Waals surface area contributed by atoms with E-state index in [-0.39, 0.29) is 28.7 Å². The van der Waals surface area contributed by atoms with E-state index in [0.29, 0.717) is 6.54 Å². The third-order valence-corrected chi connectivity index (χ3v) is 5.10. The van der Waals surface area contributed by atoms with Gasteiger partial charge in [0.05, 0.1) is 29.7 Å². The Morgan fingerprint density at radius 1 is 1.21 bits per heavy atom. The molecule has 0 bridgehead atoms. The number of likely N-dealkylation sites (tertiary alicyclic amines) is 1. The Balaban J connectivity index is 1.63. The van der Waals surface area contributed by atoms with Crippen molar-refractivity contribution in [3.05, 3.63) is 59.7 Å². The van der Waals surface area contributed by atoms with Gasteiger partial charge in [0, 0.05) is 30.8 Å². The molecule has 0 spiro atoms. The zero-order valence-corrected chi connectivity index (χ0v) is 16.1. The number of alkyl halides is 3. The maximum atomic E-state index is 13.3. The number of aromatic nitrogens is 5. The Kier molecular flexibility index (Phi) is 4.25. The third kappa shape index (κ3) is 3.28. The van der Waals surface area contributed by atoms with Crippen LogP contribution in [0.2, 0.25) is 0 Å². The molecule has 0 unspecified atom stereocenters. The molecule has 1 aliphatic rings. The predicted molar refractivity (Wildman–Crippen MR) is 97.1 cm³/mol. The molecule has 29 heavy (non-hydrogen) atoms. The molecule has 0 saturated carbocycles. The fourth-order valence-electron chi connectivity index (χ4n) is 3.87. The lowest BCUT2D eigenvalue weighted by Crippen LogP contribution is -2.57. The molecule has 1 atom stereocenters. The highest BCUT2D eigenvalue weighted by atomic mass is 19.4. The van der Waals surface area contributed by atoms with Crippen molar-refractivity contribution in [2.45, 2.75) is 26.1 Å². The van der Waals surface area contributed by atoms with Gasteiger partial charge in [0.1, 0.15) is 0 Å². The molecule has 10 heteroatoms. The number of halogens is 3. The summed E-state index contributed by atoms with van der Waals surface area (Å²) in [5, 5.41) is 11.8. The molecule has 1 aliphatic heterocycles. The molecule has 3 aromatic rings. The fraction of sp³-hybridized carbons (Fsp3) is 0.368. The summed E-state index contributed by atoms with van der Waals surface area (Å²) < 4.78 is 42.5. The topological polar surface area (TPSA) is 68.8 Å². The molecule has 2 aromatic heterocycles. The molecule has 3 heterocycles. The van der Waals surface area contributed by atoms with E-state index in [1.165, 1.54) is 24.4 Å². The van der Waals surface area contributed by atoms with E-state index in [1.807, 2.05) is 20.0 Å². The van der Waals surface area contributed by atoms with Crippen molar-refractivity contribution in [1.82, 2.24) is 29.7 Å². The van der Waals surface area contributed by atoms with E-state index in [1.54, 1.807) is 22.8 Å². The molecule has 1 fully saturated rings. The highest BCUT2D eigenvalue weighted by Crippen LogP contribution is 2.48. The second-order valence-corrected chi connectivity index (χ2v) is 7.83. The molecule has 1 aromatic carbocycles. The van der Waals surface area contributed by atoms with Crippen LogP contribution in [-0.2, 0) is 13.2 Å². The average molecular weight is 404 g/mol. The van der Waals surface area contributed by atoms with E-state index < -0.39 is 11.7 Å². The van der Waals surface area contributed by atoms with Crippen LogP contribution < -0.4 is 0 Å². The zero-order chi connectivity index (χ0) is 21.0. The normalized spacial score (nSPS) is 18.6. The van der Waals surface area contributed by atoms with Gasteiger partial charge in [-0.25, -0.2) is 4.68 Å².